The summed E-state index contributed by atoms with van der Waals surface area (Å²) in [5, 5.41) is 13.4. The van der Waals surface area contributed by atoms with E-state index in [0.29, 0.717) is 12.6 Å². The van der Waals surface area contributed by atoms with Gasteiger partial charge in [0.1, 0.15) is 18.2 Å². The van der Waals surface area contributed by atoms with Crippen LogP contribution in [0.15, 0.2) is 18.3 Å². The summed E-state index contributed by atoms with van der Waals surface area (Å²) in [7, 11) is 2.17. The summed E-state index contributed by atoms with van der Waals surface area (Å²) in [5.41, 5.74) is 1.81. The van der Waals surface area contributed by atoms with E-state index >= 15 is 0 Å². The Hall–Kier alpha value is -2.52. The van der Waals surface area contributed by atoms with Crippen LogP contribution in [0.5, 0.6) is 0 Å². The first-order valence-corrected chi connectivity index (χ1v) is 10.2. The van der Waals surface area contributed by atoms with Crippen LogP contribution in [0.1, 0.15) is 38.1 Å². The molecule has 0 saturated carbocycles. The second kappa shape index (κ2) is 6.77. The zero-order chi connectivity index (χ0) is 20.2. The minimum Gasteiger partial charge on any atom is -0.372 e. The van der Waals surface area contributed by atoms with E-state index in [1.165, 1.54) is 0 Å². The van der Waals surface area contributed by atoms with Gasteiger partial charge in [-0.15, -0.1) is 15.3 Å². The molecule has 0 radical (unpaired) electrons. The number of aromatic nitrogens is 6. The van der Waals surface area contributed by atoms with Gasteiger partial charge in [-0.2, -0.15) is 4.52 Å². The highest BCUT2D eigenvalue weighted by Gasteiger charge is 2.32. The number of nitrogens with zero attached hydrogens (tertiary/aromatic N) is 8. The normalized spacial score (nSPS) is 17.8. The van der Waals surface area contributed by atoms with Gasteiger partial charge in [0.25, 0.3) is 0 Å². The Morgan fingerprint density at radius 1 is 1.21 bits per heavy atom. The van der Waals surface area contributed by atoms with Crippen molar-refractivity contribution in [3.05, 3.63) is 35.7 Å². The first-order valence-electron chi connectivity index (χ1n) is 10.2. The molecule has 5 heterocycles. The van der Waals surface area contributed by atoms with Gasteiger partial charge in [-0.25, -0.2) is 4.98 Å². The molecule has 154 valence electrons. The maximum absolute atomic E-state index is 5.49. The lowest BCUT2D eigenvalue weighted by Crippen LogP contribution is -2.58. The molecule has 5 rings (SSSR count). The lowest BCUT2D eigenvalue weighted by Gasteiger charge is -2.44. The van der Waals surface area contributed by atoms with Gasteiger partial charge in [0.2, 0.25) is 0 Å². The Bertz CT molecular complexity index is 1000. The van der Waals surface area contributed by atoms with Crippen LogP contribution in [0.2, 0.25) is 0 Å². The van der Waals surface area contributed by atoms with Crippen molar-refractivity contribution in [2.24, 2.45) is 0 Å². The van der Waals surface area contributed by atoms with Gasteiger partial charge in [-0.3, -0.25) is 4.90 Å². The van der Waals surface area contributed by atoms with Crippen molar-refractivity contribution < 1.29 is 4.74 Å². The molecule has 0 aliphatic carbocycles. The van der Waals surface area contributed by atoms with Crippen LogP contribution in [0, 0.1) is 0 Å². The summed E-state index contributed by atoms with van der Waals surface area (Å²) in [5.74, 6) is 2.90. The monoisotopic (exact) mass is 396 g/mol. The lowest BCUT2D eigenvalue weighted by atomic mass is 9.96. The molecule has 1 saturated heterocycles. The molecule has 0 amide bonds. The molecule has 0 atom stereocenters. The Morgan fingerprint density at radius 3 is 2.79 bits per heavy atom. The number of anilines is 1. The van der Waals surface area contributed by atoms with E-state index in [2.05, 4.69) is 58.6 Å². The largest absolute Gasteiger partial charge is 0.372 e. The van der Waals surface area contributed by atoms with Crippen molar-refractivity contribution in [2.75, 3.05) is 31.6 Å². The predicted molar refractivity (Wildman–Crippen MR) is 109 cm³/mol. The highest BCUT2D eigenvalue weighted by Crippen LogP contribution is 2.25. The van der Waals surface area contributed by atoms with Gasteiger partial charge in [0, 0.05) is 43.8 Å². The van der Waals surface area contributed by atoms with Crippen LogP contribution in [0.4, 0.5) is 5.82 Å². The van der Waals surface area contributed by atoms with E-state index in [1.54, 1.807) is 0 Å². The van der Waals surface area contributed by atoms with Crippen LogP contribution >= 0.6 is 0 Å². The van der Waals surface area contributed by atoms with Crippen molar-refractivity contribution in [1.29, 1.82) is 0 Å². The number of fused-ring (bicyclic) bond motifs is 2. The van der Waals surface area contributed by atoms with Gasteiger partial charge in [0.05, 0.1) is 12.3 Å². The second-order valence-corrected chi connectivity index (χ2v) is 9.10. The molecular weight excluding hydrogens is 368 g/mol. The molecule has 2 aliphatic heterocycles. The average Bonchev–Trinajstić information content (AvgIpc) is 3.22. The van der Waals surface area contributed by atoms with E-state index in [4.69, 9.17) is 14.8 Å². The van der Waals surface area contributed by atoms with Crippen LogP contribution < -0.4 is 4.90 Å². The standard InChI is InChI=1S/C20H28N8O/c1-20(2,3)19-23-22-16-5-6-17(24-28(16)19)27-11-15(12-27)25(4)9-14-10-26-7-8-29-13-18(26)21-14/h5-6,10,15H,7-9,11-13H2,1-4H3. The molecule has 3 aromatic heterocycles. The molecule has 9 nitrogen and oxygen atoms in total. The minimum absolute atomic E-state index is 0.0997. The maximum Gasteiger partial charge on any atom is 0.178 e. The minimum atomic E-state index is -0.0997. The number of ether oxygens (including phenoxy) is 1. The molecule has 2 aliphatic rings. The molecule has 3 aromatic rings. The average molecular weight is 396 g/mol. The zero-order valence-electron chi connectivity index (χ0n) is 17.5. The van der Waals surface area contributed by atoms with Gasteiger partial charge in [-0.05, 0) is 19.2 Å². The predicted octanol–water partition coefficient (Wildman–Crippen LogP) is 1.47. The summed E-state index contributed by atoms with van der Waals surface area (Å²) < 4.78 is 9.58. The quantitative estimate of drug-likeness (QED) is 0.661. The molecule has 9 heteroatoms. The third kappa shape index (κ3) is 3.38. The number of hydrogen-bond acceptors (Lipinski definition) is 7. The topological polar surface area (TPSA) is 76.6 Å². The van der Waals surface area contributed by atoms with E-state index in [1.807, 2.05) is 16.6 Å². The summed E-state index contributed by atoms with van der Waals surface area (Å²) in [6, 6.07) is 4.53. The second-order valence-electron chi connectivity index (χ2n) is 9.10. The fraction of sp³-hybridized carbons (Fsp3) is 0.600. The maximum atomic E-state index is 5.49. The zero-order valence-corrected chi connectivity index (χ0v) is 17.5. The molecule has 29 heavy (non-hydrogen) atoms. The van der Waals surface area contributed by atoms with Crippen LogP contribution in [0.25, 0.3) is 5.65 Å². The number of hydrogen-bond donors (Lipinski definition) is 0. The van der Waals surface area contributed by atoms with Crippen molar-refractivity contribution >= 4 is 11.5 Å². The summed E-state index contributed by atoms with van der Waals surface area (Å²) in [4.78, 5) is 9.41. The molecule has 0 N–H and O–H groups in total. The highest BCUT2D eigenvalue weighted by molar-refractivity contribution is 5.48. The summed E-state index contributed by atoms with van der Waals surface area (Å²) >= 11 is 0. The van der Waals surface area contributed by atoms with Crippen LogP contribution in [-0.4, -0.2) is 67.0 Å². The first kappa shape index (κ1) is 18.5. The van der Waals surface area contributed by atoms with Crippen LogP contribution in [0.3, 0.4) is 0 Å². The highest BCUT2D eigenvalue weighted by atomic mass is 16.5. The lowest BCUT2D eigenvalue weighted by molar-refractivity contribution is 0.0816. The molecule has 0 unspecified atom stereocenters. The van der Waals surface area contributed by atoms with E-state index < -0.39 is 0 Å². The van der Waals surface area contributed by atoms with Crippen molar-refractivity contribution in [2.45, 2.75) is 51.9 Å². The first-order chi connectivity index (χ1) is 13.9. The molecule has 0 aromatic carbocycles. The Morgan fingerprint density at radius 2 is 2.03 bits per heavy atom. The number of rotatable bonds is 4. The molecule has 0 bridgehead atoms. The Balaban J connectivity index is 1.25. The number of imidazole rings is 1. The molecule has 1 fully saturated rings. The van der Waals surface area contributed by atoms with Gasteiger partial charge < -0.3 is 14.2 Å². The Labute approximate surface area is 170 Å². The third-order valence-corrected chi connectivity index (χ3v) is 5.76. The fourth-order valence-electron chi connectivity index (χ4n) is 3.95. The van der Waals surface area contributed by atoms with Crippen molar-refractivity contribution in [3.8, 4) is 0 Å². The third-order valence-electron chi connectivity index (χ3n) is 5.76. The van der Waals surface area contributed by atoms with Gasteiger partial charge in [-0.1, -0.05) is 20.8 Å². The Kier molecular flexibility index (Phi) is 4.32. The SMILES string of the molecule is CN(Cc1cn2c(n1)COCC2)C1CN(c2ccc3nnc(C(C)(C)C)n3n2)C1. The molecular formula is C20H28N8O. The van der Waals surface area contributed by atoms with Crippen molar-refractivity contribution in [1.82, 2.24) is 34.3 Å². The smallest absolute Gasteiger partial charge is 0.178 e. The number of likely N-dealkylation sites (N-methyl/N-ethyl adjacent to an activating group) is 1. The van der Waals surface area contributed by atoms with Crippen LogP contribution in [-0.2, 0) is 29.8 Å². The summed E-state index contributed by atoms with van der Waals surface area (Å²) in [6.07, 6.45) is 2.17. The van der Waals surface area contributed by atoms with E-state index in [0.717, 1.165) is 61.6 Å². The van der Waals surface area contributed by atoms with Gasteiger partial charge in [0.15, 0.2) is 11.5 Å². The van der Waals surface area contributed by atoms with Gasteiger partial charge >= 0.3 is 0 Å². The van der Waals surface area contributed by atoms with Crippen molar-refractivity contribution in [3.63, 3.8) is 0 Å². The van der Waals surface area contributed by atoms with E-state index in [9.17, 15) is 0 Å². The fourth-order valence-corrected chi connectivity index (χ4v) is 3.95. The molecule has 0 spiro atoms. The summed E-state index contributed by atoms with van der Waals surface area (Å²) in [6.45, 7) is 11.5. The van der Waals surface area contributed by atoms with E-state index in [-0.39, 0.29) is 5.41 Å².